The Labute approximate surface area is 240 Å². The fraction of sp³-hybridized carbons (Fsp3) is 0.310. The highest BCUT2D eigenvalue weighted by Gasteiger charge is 2.34. The van der Waals surface area contributed by atoms with E-state index in [0.717, 1.165) is 16.1 Å². The molecule has 1 N–H and O–H groups in total. The first kappa shape index (κ1) is 30.5. The number of sulfonamides is 1. The molecule has 10 heteroatoms. The van der Waals surface area contributed by atoms with Crippen molar-refractivity contribution in [3.05, 3.63) is 99.5 Å². The molecule has 0 aromatic heterocycles. The molecule has 3 aromatic rings. The van der Waals surface area contributed by atoms with Gasteiger partial charge in [-0.3, -0.25) is 13.9 Å². The van der Waals surface area contributed by atoms with Crippen LogP contribution in [0.4, 0.5) is 5.69 Å². The molecule has 7 nitrogen and oxygen atoms in total. The fourth-order valence-corrected chi connectivity index (χ4v) is 5.45. The van der Waals surface area contributed by atoms with Gasteiger partial charge in [-0.1, -0.05) is 77.8 Å². The van der Waals surface area contributed by atoms with Crippen LogP contribution in [0.2, 0.25) is 10.0 Å². The van der Waals surface area contributed by atoms with Crippen molar-refractivity contribution in [3.63, 3.8) is 0 Å². The van der Waals surface area contributed by atoms with Crippen molar-refractivity contribution in [1.82, 2.24) is 10.2 Å². The summed E-state index contributed by atoms with van der Waals surface area (Å²) in [7, 11) is -3.89. The smallest absolute Gasteiger partial charge is 0.244 e. The van der Waals surface area contributed by atoms with E-state index in [0.29, 0.717) is 26.9 Å². The van der Waals surface area contributed by atoms with Crippen LogP contribution >= 0.6 is 23.2 Å². The highest BCUT2D eigenvalue weighted by molar-refractivity contribution is 7.92. The van der Waals surface area contributed by atoms with E-state index >= 15 is 0 Å². The van der Waals surface area contributed by atoms with Crippen LogP contribution in [0, 0.1) is 6.92 Å². The number of carbonyl (C=O) groups excluding carboxylic acids is 2. The molecular formula is C29H33Cl2N3O4S. The van der Waals surface area contributed by atoms with Gasteiger partial charge in [0.05, 0.1) is 11.9 Å². The molecule has 0 saturated heterocycles. The fourth-order valence-electron chi connectivity index (χ4n) is 4.19. The number of benzene rings is 3. The predicted molar refractivity (Wildman–Crippen MR) is 158 cm³/mol. The molecule has 0 spiro atoms. The molecule has 0 radical (unpaired) electrons. The van der Waals surface area contributed by atoms with Gasteiger partial charge in [0.15, 0.2) is 0 Å². The Balaban J connectivity index is 2.09. The summed E-state index contributed by atoms with van der Waals surface area (Å²) >= 11 is 12.6. The number of hydrogen-bond donors (Lipinski definition) is 1. The normalized spacial score (nSPS) is 12.2. The lowest BCUT2D eigenvalue weighted by Gasteiger charge is -2.34. The third kappa shape index (κ3) is 8.46. The molecule has 0 heterocycles. The minimum Gasteiger partial charge on any atom is -0.352 e. The van der Waals surface area contributed by atoms with Gasteiger partial charge in [0.25, 0.3) is 0 Å². The van der Waals surface area contributed by atoms with E-state index in [9.17, 15) is 18.0 Å². The van der Waals surface area contributed by atoms with Gasteiger partial charge in [0, 0.05) is 29.1 Å². The largest absolute Gasteiger partial charge is 0.352 e. The third-order valence-electron chi connectivity index (χ3n) is 6.12. The average Bonchev–Trinajstić information content (AvgIpc) is 2.86. The maximum atomic E-state index is 14.1. The molecule has 3 aromatic carbocycles. The number of rotatable bonds is 11. The molecule has 39 heavy (non-hydrogen) atoms. The van der Waals surface area contributed by atoms with E-state index in [1.807, 2.05) is 44.2 Å². The van der Waals surface area contributed by atoms with Crippen LogP contribution in [0.25, 0.3) is 0 Å². The summed E-state index contributed by atoms with van der Waals surface area (Å²) < 4.78 is 26.9. The Hall–Kier alpha value is -3.07. The van der Waals surface area contributed by atoms with Gasteiger partial charge < -0.3 is 10.2 Å². The third-order valence-corrected chi connectivity index (χ3v) is 7.85. The number of anilines is 1. The maximum Gasteiger partial charge on any atom is 0.244 e. The highest BCUT2D eigenvalue weighted by Crippen LogP contribution is 2.27. The van der Waals surface area contributed by atoms with E-state index in [1.54, 1.807) is 43.3 Å². The molecule has 0 unspecified atom stereocenters. The zero-order valence-corrected chi connectivity index (χ0v) is 24.7. The molecule has 0 aliphatic rings. The molecule has 0 saturated carbocycles. The van der Waals surface area contributed by atoms with E-state index in [1.165, 1.54) is 11.0 Å². The molecule has 0 aliphatic carbocycles. The standard InChI is InChI=1S/C29H33Cl2N3O4S/c1-20(2)32-29(36)27(16-22-10-6-5-7-11-22)33(18-23-12-8-9-13-25(23)31)28(35)19-34(39(4,37)38)26-17-24(30)15-14-21(26)3/h5-15,17,20,27H,16,18-19H2,1-4H3,(H,32,36)/t27-/m0/s1. The monoisotopic (exact) mass is 589 g/mol. The number of aryl methyl sites for hydroxylation is 1. The summed E-state index contributed by atoms with van der Waals surface area (Å²) in [4.78, 5) is 29.0. The lowest BCUT2D eigenvalue weighted by molar-refractivity contribution is -0.140. The van der Waals surface area contributed by atoms with E-state index in [4.69, 9.17) is 23.2 Å². The number of amides is 2. The van der Waals surface area contributed by atoms with Crippen LogP contribution in [-0.2, 0) is 32.6 Å². The van der Waals surface area contributed by atoms with E-state index in [2.05, 4.69) is 5.32 Å². The summed E-state index contributed by atoms with van der Waals surface area (Å²) in [6.45, 7) is 4.90. The van der Waals surface area contributed by atoms with E-state index < -0.39 is 28.5 Å². The van der Waals surface area contributed by atoms with Crippen molar-refractivity contribution in [2.75, 3.05) is 17.1 Å². The first-order chi connectivity index (χ1) is 18.4. The summed E-state index contributed by atoms with van der Waals surface area (Å²) in [6, 6.07) is 20.2. The second kappa shape index (κ2) is 13.3. The molecular weight excluding hydrogens is 557 g/mol. The second-order valence-corrected chi connectivity index (χ2v) is 12.4. The van der Waals surface area contributed by atoms with Crippen LogP contribution in [-0.4, -0.2) is 50.0 Å². The zero-order valence-electron chi connectivity index (χ0n) is 22.4. The SMILES string of the molecule is Cc1ccc(Cl)cc1N(CC(=O)N(Cc1ccccc1Cl)[C@@H](Cc1ccccc1)C(=O)NC(C)C)S(C)(=O)=O. The lowest BCUT2D eigenvalue weighted by Crippen LogP contribution is -2.54. The molecule has 208 valence electrons. The molecule has 0 bridgehead atoms. The van der Waals surface area contributed by atoms with Crippen LogP contribution < -0.4 is 9.62 Å². The summed E-state index contributed by atoms with van der Waals surface area (Å²) in [5.41, 5.74) is 2.41. The Kier molecular flexibility index (Phi) is 10.4. The van der Waals surface area contributed by atoms with Gasteiger partial charge in [0.1, 0.15) is 12.6 Å². The average molecular weight is 591 g/mol. The first-order valence-electron chi connectivity index (χ1n) is 12.5. The van der Waals surface area contributed by atoms with Crippen molar-refractivity contribution < 1.29 is 18.0 Å². The number of halogens is 2. The second-order valence-electron chi connectivity index (χ2n) is 9.68. The molecule has 2 amide bonds. The van der Waals surface area contributed by atoms with Crippen molar-refractivity contribution in [1.29, 1.82) is 0 Å². The van der Waals surface area contributed by atoms with Crippen molar-refractivity contribution in [2.24, 2.45) is 0 Å². The molecule has 0 fully saturated rings. The zero-order chi connectivity index (χ0) is 28.7. The van der Waals surface area contributed by atoms with Crippen molar-refractivity contribution in [2.45, 2.75) is 45.8 Å². The topological polar surface area (TPSA) is 86.8 Å². The van der Waals surface area contributed by atoms with Crippen molar-refractivity contribution in [3.8, 4) is 0 Å². The summed E-state index contributed by atoms with van der Waals surface area (Å²) in [6.07, 6.45) is 1.26. The molecule has 0 aliphatic heterocycles. The van der Waals surface area contributed by atoms with Gasteiger partial charge in [-0.2, -0.15) is 0 Å². The summed E-state index contributed by atoms with van der Waals surface area (Å²) in [5.74, 6) is -0.904. The number of hydrogen-bond acceptors (Lipinski definition) is 4. The predicted octanol–water partition coefficient (Wildman–Crippen LogP) is 5.23. The Morgan fingerprint density at radius 2 is 1.59 bits per heavy atom. The number of nitrogens with zero attached hydrogens (tertiary/aromatic N) is 2. The first-order valence-corrected chi connectivity index (χ1v) is 15.1. The van der Waals surface area contributed by atoms with Gasteiger partial charge in [-0.05, 0) is 55.7 Å². The summed E-state index contributed by atoms with van der Waals surface area (Å²) in [5, 5.41) is 3.69. The lowest BCUT2D eigenvalue weighted by atomic mass is 10.0. The van der Waals surface area contributed by atoms with Gasteiger partial charge in [-0.25, -0.2) is 8.42 Å². The Morgan fingerprint density at radius 1 is 0.949 bits per heavy atom. The van der Waals surface area contributed by atoms with Crippen LogP contribution in [0.3, 0.4) is 0 Å². The van der Waals surface area contributed by atoms with Crippen LogP contribution in [0.5, 0.6) is 0 Å². The van der Waals surface area contributed by atoms with Gasteiger partial charge in [-0.15, -0.1) is 0 Å². The Bertz CT molecular complexity index is 1420. The quantitative estimate of drug-likeness (QED) is 0.331. The highest BCUT2D eigenvalue weighted by atomic mass is 35.5. The van der Waals surface area contributed by atoms with Gasteiger partial charge in [0.2, 0.25) is 21.8 Å². The minimum atomic E-state index is -3.89. The maximum absolute atomic E-state index is 14.1. The molecule has 1 atom stereocenters. The van der Waals surface area contributed by atoms with Crippen molar-refractivity contribution >= 4 is 50.7 Å². The van der Waals surface area contributed by atoms with Gasteiger partial charge >= 0.3 is 0 Å². The molecule has 3 rings (SSSR count). The number of nitrogens with one attached hydrogen (secondary N) is 1. The van der Waals surface area contributed by atoms with Crippen LogP contribution in [0.15, 0.2) is 72.8 Å². The Morgan fingerprint density at radius 3 is 2.21 bits per heavy atom. The van der Waals surface area contributed by atoms with E-state index in [-0.39, 0.29) is 24.9 Å². The number of carbonyl (C=O) groups is 2. The van der Waals surface area contributed by atoms with Crippen LogP contribution in [0.1, 0.15) is 30.5 Å². The minimum absolute atomic E-state index is 0.00759.